The molecule has 1 heterocycles. The summed E-state index contributed by atoms with van der Waals surface area (Å²) in [6.07, 6.45) is 0.548. The van der Waals surface area contributed by atoms with Gasteiger partial charge in [-0.2, -0.15) is 0 Å². The maximum Gasteiger partial charge on any atom is 0.341 e. The van der Waals surface area contributed by atoms with Gasteiger partial charge in [0.2, 0.25) is 0 Å². The molecule has 1 N–H and O–H groups in total. The summed E-state index contributed by atoms with van der Waals surface area (Å²) in [5.41, 5.74) is 1.58. The Morgan fingerprint density at radius 3 is 2.61 bits per heavy atom. The van der Waals surface area contributed by atoms with Crippen LogP contribution in [-0.4, -0.2) is 45.9 Å². The third-order valence-corrected chi connectivity index (χ3v) is 5.96. The molecular formula is C21H22N2O7S. The molecule has 1 unspecified atom stereocenters. The maximum absolute atomic E-state index is 12.7. The van der Waals surface area contributed by atoms with Gasteiger partial charge in [0, 0.05) is 24.8 Å². The van der Waals surface area contributed by atoms with E-state index in [1.54, 1.807) is 31.4 Å². The van der Waals surface area contributed by atoms with Gasteiger partial charge in [0.1, 0.15) is 0 Å². The molecule has 2 aromatic carbocycles. The van der Waals surface area contributed by atoms with Gasteiger partial charge in [-0.25, -0.2) is 18.0 Å². The number of rotatable bonds is 9. The monoisotopic (exact) mass is 446 g/mol. The molecule has 2 aromatic rings. The molecular weight excluding hydrogens is 424 g/mol. The quantitative estimate of drug-likeness (QED) is 0.464. The van der Waals surface area contributed by atoms with E-state index in [0.717, 1.165) is 0 Å². The standard InChI is InChI=1S/C21H22N2O7S/c1-14(28-2)10-11-29-21(25)16-4-3-5-18(12-16)31(26,27)23-17-8-6-15(7-9-17)19-13-20(24)30-22-19/h3-9,12,14,23H,10-11,13H2,1-2H3. The van der Waals surface area contributed by atoms with Crippen molar-refractivity contribution in [3.63, 3.8) is 0 Å². The summed E-state index contributed by atoms with van der Waals surface area (Å²) in [5, 5.41) is 3.68. The lowest BCUT2D eigenvalue weighted by Gasteiger charge is -2.11. The van der Waals surface area contributed by atoms with Crippen LogP contribution in [-0.2, 0) is 29.1 Å². The number of sulfonamides is 1. The van der Waals surface area contributed by atoms with E-state index < -0.39 is 22.0 Å². The summed E-state index contributed by atoms with van der Waals surface area (Å²) in [6.45, 7) is 2.02. The minimum absolute atomic E-state index is 0.0520. The number of hydrogen-bond donors (Lipinski definition) is 1. The Morgan fingerprint density at radius 2 is 1.97 bits per heavy atom. The van der Waals surface area contributed by atoms with E-state index in [9.17, 15) is 18.0 Å². The van der Waals surface area contributed by atoms with Crippen LogP contribution in [0.3, 0.4) is 0 Å². The first-order valence-electron chi connectivity index (χ1n) is 9.48. The van der Waals surface area contributed by atoms with Crippen LogP contribution in [0.15, 0.2) is 58.6 Å². The van der Waals surface area contributed by atoms with Gasteiger partial charge >= 0.3 is 11.9 Å². The summed E-state index contributed by atoms with van der Waals surface area (Å²) in [7, 11) is -2.37. The highest BCUT2D eigenvalue weighted by atomic mass is 32.2. The Hall–Kier alpha value is -3.24. The van der Waals surface area contributed by atoms with Crippen LogP contribution in [0.1, 0.15) is 35.7 Å². The Labute approximate surface area is 180 Å². The fourth-order valence-electron chi connectivity index (χ4n) is 2.72. The van der Waals surface area contributed by atoms with Gasteiger partial charge in [-0.1, -0.05) is 23.4 Å². The van der Waals surface area contributed by atoms with E-state index in [-0.39, 0.29) is 29.6 Å². The highest BCUT2D eigenvalue weighted by molar-refractivity contribution is 7.92. The van der Waals surface area contributed by atoms with E-state index >= 15 is 0 Å². The first kappa shape index (κ1) is 22.4. The Morgan fingerprint density at radius 1 is 1.23 bits per heavy atom. The molecule has 0 bridgehead atoms. The van der Waals surface area contributed by atoms with Gasteiger partial charge in [0.25, 0.3) is 10.0 Å². The molecule has 0 fully saturated rings. The second-order valence-electron chi connectivity index (χ2n) is 6.86. The molecule has 0 saturated carbocycles. The number of oxime groups is 1. The Kier molecular flexibility index (Phi) is 7.03. The number of benzene rings is 2. The van der Waals surface area contributed by atoms with Gasteiger partial charge in [-0.05, 0) is 37.3 Å². The van der Waals surface area contributed by atoms with Crippen molar-refractivity contribution in [2.45, 2.75) is 30.8 Å². The van der Waals surface area contributed by atoms with Crippen LogP contribution in [0.25, 0.3) is 0 Å². The highest BCUT2D eigenvalue weighted by Crippen LogP contribution is 2.20. The van der Waals surface area contributed by atoms with Crippen molar-refractivity contribution < 1.29 is 32.3 Å². The van der Waals surface area contributed by atoms with E-state index in [4.69, 9.17) is 9.47 Å². The van der Waals surface area contributed by atoms with Crippen LogP contribution in [0.5, 0.6) is 0 Å². The average Bonchev–Trinajstić information content (AvgIpc) is 3.20. The fourth-order valence-corrected chi connectivity index (χ4v) is 3.82. The molecule has 9 nitrogen and oxygen atoms in total. The maximum atomic E-state index is 12.7. The van der Waals surface area contributed by atoms with E-state index in [2.05, 4.69) is 14.7 Å². The van der Waals surface area contributed by atoms with Crippen molar-refractivity contribution in [1.29, 1.82) is 0 Å². The largest absolute Gasteiger partial charge is 0.462 e. The molecule has 0 spiro atoms. The number of hydrogen-bond acceptors (Lipinski definition) is 8. The number of carbonyl (C=O) groups is 2. The SMILES string of the molecule is COC(C)CCOC(=O)c1cccc(S(=O)(=O)Nc2ccc(C3=NOC(=O)C3)cc2)c1. The van der Waals surface area contributed by atoms with Crippen LogP contribution < -0.4 is 4.72 Å². The van der Waals surface area contributed by atoms with Crippen molar-refractivity contribution in [2.75, 3.05) is 18.4 Å². The summed E-state index contributed by atoms with van der Waals surface area (Å²) >= 11 is 0. The van der Waals surface area contributed by atoms with Crippen LogP contribution in [0, 0.1) is 0 Å². The fraction of sp³-hybridized carbons (Fsp3) is 0.286. The van der Waals surface area contributed by atoms with E-state index in [0.29, 0.717) is 23.4 Å². The molecule has 3 rings (SSSR count). The number of carbonyl (C=O) groups excluding carboxylic acids is 2. The topological polar surface area (TPSA) is 120 Å². The van der Waals surface area contributed by atoms with Gasteiger partial charge in [-0.15, -0.1) is 0 Å². The minimum Gasteiger partial charge on any atom is -0.462 e. The van der Waals surface area contributed by atoms with Crippen LogP contribution in [0.4, 0.5) is 5.69 Å². The van der Waals surface area contributed by atoms with Crippen molar-refractivity contribution in [1.82, 2.24) is 0 Å². The number of nitrogens with zero attached hydrogens (tertiary/aromatic N) is 1. The number of methoxy groups -OCH3 is 1. The molecule has 0 aromatic heterocycles. The Bertz CT molecular complexity index is 1090. The molecule has 1 aliphatic rings. The van der Waals surface area contributed by atoms with Gasteiger partial charge in [0.15, 0.2) is 0 Å². The van der Waals surface area contributed by atoms with Crippen molar-refractivity contribution >= 4 is 33.4 Å². The molecule has 0 aliphatic carbocycles. The predicted octanol–water partition coefficient (Wildman–Crippen LogP) is 2.72. The van der Waals surface area contributed by atoms with Gasteiger partial charge < -0.3 is 14.3 Å². The molecule has 0 radical (unpaired) electrons. The second kappa shape index (κ2) is 9.71. The van der Waals surface area contributed by atoms with Crippen molar-refractivity contribution in [2.24, 2.45) is 5.16 Å². The third-order valence-electron chi connectivity index (χ3n) is 4.58. The summed E-state index contributed by atoms with van der Waals surface area (Å²) in [6, 6.07) is 12.0. The predicted molar refractivity (Wildman–Crippen MR) is 112 cm³/mol. The van der Waals surface area contributed by atoms with E-state index in [1.165, 1.54) is 24.3 Å². The minimum atomic E-state index is -3.93. The first-order valence-corrected chi connectivity index (χ1v) is 11.0. The van der Waals surface area contributed by atoms with Crippen molar-refractivity contribution in [3.05, 3.63) is 59.7 Å². The zero-order valence-electron chi connectivity index (χ0n) is 17.0. The molecule has 31 heavy (non-hydrogen) atoms. The molecule has 1 atom stereocenters. The smallest absolute Gasteiger partial charge is 0.341 e. The number of esters is 1. The lowest BCUT2D eigenvalue weighted by Crippen LogP contribution is -2.15. The third kappa shape index (κ3) is 5.89. The first-order chi connectivity index (χ1) is 14.8. The molecule has 1 aliphatic heterocycles. The summed E-state index contributed by atoms with van der Waals surface area (Å²) in [4.78, 5) is 27.8. The number of ether oxygens (including phenoxy) is 2. The molecule has 0 amide bonds. The van der Waals surface area contributed by atoms with Gasteiger partial charge in [0.05, 0.1) is 35.3 Å². The molecule has 10 heteroatoms. The lowest BCUT2D eigenvalue weighted by molar-refractivity contribution is -0.140. The zero-order chi connectivity index (χ0) is 22.4. The highest BCUT2D eigenvalue weighted by Gasteiger charge is 2.20. The summed E-state index contributed by atoms with van der Waals surface area (Å²) in [5.74, 6) is -1.05. The van der Waals surface area contributed by atoms with E-state index in [1.807, 2.05) is 6.92 Å². The summed E-state index contributed by atoms with van der Waals surface area (Å²) < 4.78 is 38.2. The number of anilines is 1. The lowest BCUT2D eigenvalue weighted by atomic mass is 10.1. The molecule has 164 valence electrons. The Balaban J connectivity index is 1.67. The van der Waals surface area contributed by atoms with Crippen LogP contribution in [0.2, 0.25) is 0 Å². The van der Waals surface area contributed by atoms with Crippen molar-refractivity contribution in [3.8, 4) is 0 Å². The average molecular weight is 446 g/mol. The van der Waals surface area contributed by atoms with Crippen LogP contribution >= 0.6 is 0 Å². The molecule has 0 saturated heterocycles. The normalized spacial score (nSPS) is 14.5. The van der Waals surface area contributed by atoms with Gasteiger partial charge in [-0.3, -0.25) is 4.72 Å². The number of nitrogens with one attached hydrogen (secondary N) is 1. The zero-order valence-corrected chi connectivity index (χ0v) is 17.8. The second-order valence-corrected chi connectivity index (χ2v) is 8.54.